The first-order chi connectivity index (χ1) is 12.7. The van der Waals surface area contributed by atoms with Crippen LogP contribution in [0.15, 0.2) is 40.8 Å². The second-order valence-electron chi connectivity index (χ2n) is 6.95. The summed E-state index contributed by atoms with van der Waals surface area (Å²) in [4.78, 5) is 14.9. The number of fused-ring (bicyclic) bond motifs is 3. The summed E-state index contributed by atoms with van der Waals surface area (Å²) in [6.07, 6.45) is 2.34. The third-order valence-electron chi connectivity index (χ3n) is 5.30. The van der Waals surface area contributed by atoms with Gasteiger partial charge in [0.05, 0.1) is 7.11 Å². The molecule has 1 N–H and O–H groups in total. The SMILES string of the molecule is COc1ccc(OCc2ccc(C(=O)NC3CN4CCC3CC4)o2)cc1. The summed E-state index contributed by atoms with van der Waals surface area (Å²) in [5.41, 5.74) is 0. The van der Waals surface area contributed by atoms with Crippen LogP contribution >= 0.6 is 0 Å². The first-order valence-corrected chi connectivity index (χ1v) is 9.10. The van der Waals surface area contributed by atoms with Gasteiger partial charge in [-0.2, -0.15) is 0 Å². The Bertz CT molecular complexity index is 747. The zero-order valence-corrected chi connectivity index (χ0v) is 14.9. The highest BCUT2D eigenvalue weighted by molar-refractivity contribution is 5.91. The molecule has 3 saturated heterocycles. The molecule has 5 rings (SSSR count). The van der Waals surface area contributed by atoms with Crippen molar-refractivity contribution in [3.63, 3.8) is 0 Å². The Kier molecular flexibility index (Phi) is 4.84. The van der Waals surface area contributed by atoms with E-state index in [0.717, 1.165) is 31.1 Å². The molecule has 138 valence electrons. The minimum atomic E-state index is -0.139. The number of carbonyl (C=O) groups excluding carboxylic acids is 1. The number of nitrogens with zero attached hydrogens (tertiary/aromatic N) is 1. The first-order valence-electron chi connectivity index (χ1n) is 9.10. The van der Waals surface area contributed by atoms with Crippen LogP contribution in [0.25, 0.3) is 0 Å². The number of rotatable bonds is 6. The largest absolute Gasteiger partial charge is 0.497 e. The molecule has 1 atom stereocenters. The molecule has 6 nitrogen and oxygen atoms in total. The van der Waals surface area contributed by atoms with Crippen molar-refractivity contribution in [2.24, 2.45) is 5.92 Å². The Labute approximate surface area is 153 Å². The highest BCUT2D eigenvalue weighted by atomic mass is 16.5. The van der Waals surface area contributed by atoms with E-state index in [9.17, 15) is 4.79 Å². The normalized spacial score (nSPS) is 24.3. The van der Waals surface area contributed by atoms with E-state index in [-0.39, 0.29) is 18.6 Å². The standard InChI is InChI=1S/C20H24N2O4/c1-24-15-2-4-16(5-3-15)25-13-17-6-7-19(26-17)20(23)21-18-12-22-10-8-14(18)9-11-22/h2-7,14,18H,8-13H2,1H3,(H,21,23). The van der Waals surface area contributed by atoms with Crippen LogP contribution in [0.4, 0.5) is 0 Å². The summed E-state index contributed by atoms with van der Waals surface area (Å²) in [6.45, 7) is 3.54. The molecule has 0 saturated carbocycles. The lowest BCUT2D eigenvalue weighted by Crippen LogP contribution is -2.57. The Balaban J connectivity index is 1.31. The van der Waals surface area contributed by atoms with Crippen LogP contribution in [0.3, 0.4) is 0 Å². The number of benzene rings is 1. The fourth-order valence-electron chi connectivity index (χ4n) is 3.77. The average molecular weight is 356 g/mol. The van der Waals surface area contributed by atoms with E-state index in [4.69, 9.17) is 13.9 Å². The van der Waals surface area contributed by atoms with Crippen molar-refractivity contribution in [3.05, 3.63) is 47.9 Å². The van der Waals surface area contributed by atoms with Gasteiger partial charge in [-0.3, -0.25) is 4.79 Å². The topological polar surface area (TPSA) is 63.9 Å². The van der Waals surface area contributed by atoms with E-state index in [1.807, 2.05) is 24.3 Å². The molecule has 3 aliphatic rings. The van der Waals surface area contributed by atoms with E-state index in [1.165, 1.54) is 12.8 Å². The number of hydrogen-bond donors (Lipinski definition) is 1. The fourth-order valence-corrected chi connectivity index (χ4v) is 3.77. The molecule has 0 aliphatic carbocycles. The van der Waals surface area contributed by atoms with Crippen molar-refractivity contribution in [3.8, 4) is 11.5 Å². The van der Waals surface area contributed by atoms with Crippen molar-refractivity contribution < 1.29 is 18.7 Å². The Morgan fingerprint density at radius 2 is 1.88 bits per heavy atom. The molecule has 1 aromatic heterocycles. The van der Waals surface area contributed by atoms with Crippen LogP contribution in [0.1, 0.15) is 29.2 Å². The lowest BCUT2D eigenvalue weighted by Gasteiger charge is -2.44. The maximum atomic E-state index is 12.5. The molecule has 6 heteroatoms. The average Bonchev–Trinajstić information content (AvgIpc) is 3.17. The van der Waals surface area contributed by atoms with Crippen molar-refractivity contribution in [2.45, 2.75) is 25.5 Å². The molecular formula is C20H24N2O4. The van der Waals surface area contributed by atoms with Gasteiger partial charge < -0.3 is 24.1 Å². The zero-order valence-electron chi connectivity index (χ0n) is 14.9. The summed E-state index contributed by atoms with van der Waals surface area (Å²) in [5, 5.41) is 3.14. The maximum Gasteiger partial charge on any atom is 0.287 e. The number of methoxy groups -OCH3 is 1. The van der Waals surface area contributed by atoms with Gasteiger partial charge in [0.1, 0.15) is 23.9 Å². The molecule has 26 heavy (non-hydrogen) atoms. The van der Waals surface area contributed by atoms with E-state index >= 15 is 0 Å². The van der Waals surface area contributed by atoms with Gasteiger partial charge in [-0.15, -0.1) is 0 Å². The molecule has 2 aromatic rings. The summed E-state index contributed by atoms with van der Waals surface area (Å²) in [5.74, 6) is 2.92. The van der Waals surface area contributed by atoms with E-state index in [2.05, 4.69) is 10.2 Å². The highest BCUT2D eigenvalue weighted by Crippen LogP contribution is 2.27. The van der Waals surface area contributed by atoms with Crippen LogP contribution in [-0.4, -0.2) is 43.6 Å². The van der Waals surface area contributed by atoms with Gasteiger partial charge in [-0.25, -0.2) is 0 Å². The van der Waals surface area contributed by atoms with Crippen molar-refractivity contribution >= 4 is 5.91 Å². The Hall–Kier alpha value is -2.47. The van der Waals surface area contributed by atoms with Gasteiger partial charge in [-0.05, 0) is 68.2 Å². The first kappa shape index (κ1) is 17.0. The number of furan rings is 1. The van der Waals surface area contributed by atoms with Crippen molar-refractivity contribution in [1.29, 1.82) is 0 Å². The third kappa shape index (κ3) is 3.70. The van der Waals surface area contributed by atoms with Gasteiger partial charge in [0, 0.05) is 12.6 Å². The third-order valence-corrected chi connectivity index (χ3v) is 5.30. The summed E-state index contributed by atoms with van der Waals surface area (Å²) < 4.78 is 16.5. The van der Waals surface area contributed by atoms with Gasteiger partial charge in [0.15, 0.2) is 5.76 Å². The van der Waals surface area contributed by atoms with Crippen LogP contribution in [0, 0.1) is 5.92 Å². The summed E-state index contributed by atoms with van der Waals surface area (Å²) >= 11 is 0. The number of hydrogen-bond acceptors (Lipinski definition) is 5. The number of ether oxygens (including phenoxy) is 2. The van der Waals surface area contributed by atoms with Crippen LogP contribution in [-0.2, 0) is 6.61 Å². The van der Waals surface area contributed by atoms with Gasteiger partial charge >= 0.3 is 0 Å². The van der Waals surface area contributed by atoms with Crippen LogP contribution < -0.4 is 14.8 Å². The second-order valence-corrected chi connectivity index (χ2v) is 6.95. The van der Waals surface area contributed by atoms with Gasteiger partial charge in [-0.1, -0.05) is 0 Å². The lowest BCUT2D eigenvalue weighted by molar-refractivity contribution is 0.0604. The second kappa shape index (κ2) is 7.41. The molecule has 3 aliphatic heterocycles. The summed E-state index contributed by atoms with van der Waals surface area (Å²) in [7, 11) is 1.63. The molecule has 2 bridgehead atoms. The molecule has 3 fully saturated rings. The quantitative estimate of drug-likeness (QED) is 0.862. The Morgan fingerprint density at radius 1 is 1.15 bits per heavy atom. The van der Waals surface area contributed by atoms with E-state index < -0.39 is 0 Å². The predicted octanol–water partition coefficient (Wildman–Crippen LogP) is 2.69. The fraction of sp³-hybridized carbons (Fsp3) is 0.450. The molecule has 4 heterocycles. The van der Waals surface area contributed by atoms with E-state index in [1.54, 1.807) is 19.2 Å². The Morgan fingerprint density at radius 3 is 2.54 bits per heavy atom. The minimum absolute atomic E-state index is 0.139. The zero-order chi connectivity index (χ0) is 17.9. The van der Waals surface area contributed by atoms with Crippen molar-refractivity contribution in [2.75, 3.05) is 26.7 Å². The molecule has 1 unspecified atom stereocenters. The predicted molar refractivity (Wildman–Crippen MR) is 96.5 cm³/mol. The van der Waals surface area contributed by atoms with E-state index in [0.29, 0.717) is 17.4 Å². The maximum absolute atomic E-state index is 12.5. The van der Waals surface area contributed by atoms with Crippen LogP contribution in [0.2, 0.25) is 0 Å². The molecule has 1 amide bonds. The smallest absolute Gasteiger partial charge is 0.287 e. The van der Waals surface area contributed by atoms with Gasteiger partial charge in [0.25, 0.3) is 5.91 Å². The molecule has 1 aromatic carbocycles. The highest BCUT2D eigenvalue weighted by Gasteiger charge is 2.35. The number of piperidine rings is 3. The van der Waals surface area contributed by atoms with Crippen LogP contribution in [0.5, 0.6) is 11.5 Å². The van der Waals surface area contributed by atoms with Crippen molar-refractivity contribution in [1.82, 2.24) is 10.2 Å². The number of nitrogens with one attached hydrogen (secondary N) is 1. The summed E-state index contributed by atoms with van der Waals surface area (Å²) in [6, 6.07) is 11.1. The number of carbonyl (C=O) groups is 1. The lowest BCUT2D eigenvalue weighted by atomic mass is 9.84. The van der Waals surface area contributed by atoms with Gasteiger partial charge in [0.2, 0.25) is 0 Å². The monoisotopic (exact) mass is 356 g/mol. The molecular weight excluding hydrogens is 332 g/mol. The molecule has 0 radical (unpaired) electrons. The minimum Gasteiger partial charge on any atom is -0.497 e. The number of amides is 1. The molecule has 0 spiro atoms.